The molecule has 0 radical (unpaired) electrons. The second kappa shape index (κ2) is 6.03. The molecule has 1 atom stereocenters. The van der Waals surface area contributed by atoms with Crippen LogP contribution in [0.3, 0.4) is 0 Å². The van der Waals surface area contributed by atoms with E-state index in [1.54, 1.807) is 31.9 Å². The van der Waals surface area contributed by atoms with Gasteiger partial charge in [0.1, 0.15) is 24.0 Å². The second-order valence-corrected chi connectivity index (χ2v) is 5.93. The fourth-order valence-electron chi connectivity index (χ4n) is 2.32. The molecule has 6 nitrogen and oxygen atoms in total. The van der Waals surface area contributed by atoms with Crippen LogP contribution in [0.25, 0.3) is 0 Å². The van der Waals surface area contributed by atoms with Crippen LogP contribution in [0.5, 0.6) is 5.75 Å². The molecule has 114 valence electrons. The molecule has 0 fully saturated rings. The number of hydrogen-bond acceptors (Lipinski definition) is 5. The Morgan fingerprint density at radius 1 is 1.45 bits per heavy atom. The van der Waals surface area contributed by atoms with Crippen molar-refractivity contribution in [1.82, 2.24) is 9.88 Å². The molecular formula is C16H18N4O2. The molecule has 1 aromatic heterocycles. The number of pyridine rings is 1. The van der Waals surface area contributed by atoms with Gasteiger partial charge in [0.25, 0.3) is 0 Å². The Labute approximate surface area is 129 Å². The zero-order chi connectivity index (χ0) is 16.3. The van der Waals surface area contributed by atoms with E-state index < -0.39 is 11.3 Å². The number of ether oxygens (including phenoxy) is 1. The van der Waals surface area contributed by atoms with Gasteiger partial charge in [0.2, 0.25) is 5.91 Å². The highest BCUT2D eigenvalue weighted by atomic mass is 16.5. The first-order chi connectivity index (χ1) is 10.4. The number of amides is 1. The summed E-state index contributed by atoms with van der Waals surface area (Å²) in [5.74, 6) is 0.00603. The molecule has 2 heterocycles. The monoisotopic (exact) mass is 298 g/mol. The van der Waals surface area contributed by atoms with Crippen LogP contribution in [0, 0.1) is 34.0 Å². The summed E-state index contributed by atoms with van der Waals surface area (Å²) < 4.78 is 5.63. The van der Waals surface area contributed by atoms with Crippen LogP contribution in [-0.2, 0) is 11.3 Å². The number of nitriles is 2. The molecule has 6 heteroatoms. The third kappa shape index (κ3) is 2.73. The third-order valence-corrected chi connectivity index (χ3v) is 4.17. The van der Waals surface area contributed by atoms with Crippen molar-refractivity contribution in [2.45, 2.75) is 27.3 Å². The Bertz CT molecular complexity index is 670. The maximum absolute atomic E-state index is 12.8. The van der Waals surface area contributed by atoms with Gasteiger partial charge in [-0.2, -0.15) is 10.5 Å². The lowest BCUT2D eigenvalue weighted by atomic mass is 9.79. The van der Waals surface area contributed by atoms with Crippen LogP contribution in [0.15, 0.2) is 12.4 Å². The molecule has 0 spiro atoms. The van der Waals surface area contributed by atoms with Crippen molar-refractivity contribution in [2.75, 3.05) is 13.2 Å². The van der Waals surface area contributed by atoms with Gasteiger partial charge in [-0.15, -0.1) is 0 Å². The molecule has 0 saturated heterocycles. The molecule has 0 aliphatic carbocycles. The van der Waals surface area contributed by atoms with E-state index in [9.17, 15) is 4.79 Å². The molecular weight excluding hydrogens is 280 g/mol. The van der Waals surface area contributed by atoms with Crippen LogP contribution < -0.4 is 4.74 Å². The Hall–Kier alpha value is -2.60. The molecule has 2 rings (SSSR count). The van der Waals surface area contributed by atoms with Gasteiger partial charge in [-0.1, -0.05) is 0 Å². The first-order valence-corrected chi connectivity index (χ1v) is 7.10. The average molecular weight is 298 g/mol. The fourth-order valence-corrected chi connectivity index (χ4v) is 2.32. The molecule has 1 aliphatic heterocycles. The van der Waals surface area contributed by atoms with Gasteiger partial charge in [0.05, 0.1) is 30.5 Å². The number of fused-ring (bicyclic) bond motifs is 1. The summed E-state index contributed by atoms with van der Waals surface area (Å²) in [6.07, 6.45) is 3.07. The van der Waals surface area contributed by atoms with Crippen molar-refractivity contribution >= 4 is 5.91 Å². The van der Waals surface area contributed by atoms with E-state index in [4.69, 9.17) is 15.3 Å². The second-order valence-electron chi connectivity index (χ2n) is 5.93. The Kier molecular flexibility index (Phi) is 4.32. The normalized spacial score (nSPS) is 15.6. The molecule has 1 amide bonds. The van der Waals surface area contributed by atoms with Gasteiger partial charge in [-0.3, -0.25) is 9.78 Å². The van der Waals surface area contributed by atoms with E-state index >= 15 is 0 Å². The van der Waals surface area contributed by atoms with Crippen molar-refractivity contribution in [3.05, 3.63) is 23.5 Å². The molecule has 0 saturated carbocycles. The quantitative estimate of drug-likeness (QED) is 0.831. The van der Waals surface area contributed by atoms with E-state index in [2.05, 4.69) is 17.1 Å². The van der Waals surface area contributed by atoms with Crippen molar-refractivity contribution in [3.63, 3.8) is 0 Å². The van der Waals surface area contributed by atoms with Crippen LogP contribution in [0.4, 0.5) is 0 Å². The Morgan fingerprint density at radius 3 is 2.82 bits per heavy atom. The van der Waals surface area contributed by atoms with Gasteiger partial charge in [0.15, 0.2) is 0 Å². The van der Waals surface area contributed by atoms with E-state index in [1.807, 2.05) is 0 Å². The summed E-state index contributed by atoms with van der Waals surface area (Å²) in [5, 5.41) is 18.2. The number of nitrogens with zero attached hydrogens (tertiary/aromatic N) is 4. The lowest BCUT2D eigenvalue weighted by molar-refractivity contribution is -0.142. The van der Waals surface area contributed by atoms with E-state index in [0.29, 0.717) is 36.6 Å². The summed E-state index contributed by atoms with van der Waals surface area (Å²) in [7, 11) is 0. The SMILES string of the molecule is CC(C#N)C(C)(C)C(=O)N1CCOc2c(C#N)cncc2C1. The van der Waals surface area contributed by atoms with Gasteiger partial charge in [-0.05, 0) is 20.8 Å². The van der Waals surface area contributed by atoms with Gasteiger partial charge >= 0.3 is 0 Å². The lowest BCUT2D eigenvalue weighted by Gasteiger charge is -2.32. The molecule has 0 N–H and O–H groups in total. The molecule has 22 heavy (non-hydrogen) atoms. The first-order valence-electron chi connectivity index (χ1n) is 7.10. The molecule has 0 aromatic carbocycles. The summed E-state index contributed by atoms with van der Waals surface area (Å²) in [6, 6.07) is 4.19. The smallest absolute Gasteiger partial charge is 0.229 e. The number of rotatable bonds is 2. The van der Waals surface area contributed by atoms with E-state index in [1.165, 1.54) is 6.20 Å². The summed E-state index contributed by atoms with van der Waals surface area (Å²) in [4.78, 5) is 18.5. The molecule has 1 aromatic rings. The highest BCUT2D eigenvalue weighted by Crippen LogP contribution is 2.32. The average Bonchev–Trinajstić information content (AvgIpc) is 2.74. The number of aromatic nitrogens is 1. The van der Waals surface area contributed by atoms with Gasteiger partial charge in [0, 0.05) is 18.0 Å². The predicted octanol–water partition coefficient (Wildman–Crippen LogP) is 1.86. The minimum Gasteiger partial charge on any atom is -0.490 e. The predicted molar refractivity (Wildman–Crippen MR) is 78.4 cm³/mol. The molecule has 1 unspecified atom stereocenters. The van der Waals surface area contributed by atoms with E-state index in [-0.39, 0.29) is 5.91 Å². The van der Waals surface area contributed by atoms with E-state index in [0.717, 1.165) is 0 Å². The minimum absolute atomic E-state index is 0.0969. The van der Waals surface area contributed by atoms with Crippen molar-refractivity contribution in [2.24, 2.45) is 11.3 Å². The topological polar surface area (TPSA) is 90.0 Å². The molecule has 1 aliphatic rings. The third-order valence-electron chi connectivity index (χ3n) is 4.17. The standard InChI is InChI=1S/C16H18N4O2/c1-11(6-17)16(2,3)15(21)20-4-5-22-14-12(7-18)8-19-9-13(14)10-20/h8-9,11H,4-5,10H2,1-3H3. The molecule has 0 bridgehead atoms. The minimum atomic E-state index is -0.778. The van der Waals surface area contributed by atoms with Crippen LogP contribution in [-0.4, -0.2) is 28.9 Å². The zero-order valence-corrected chi connectivity index (χ0v) is 13.0. The maximum Gasteiger partial charge on any atom is 0.229 e. The van der Waals surface area contributed by atoms with Crippen LogP contribution in [0.2, 0.25) is 0 Å². The summed E-state index contributed by atoms with van der Waals surface area (Å²) in [6.45, 7) is 6.36. The Balaban J connectivity index is 2.31. The lowest BCUT2D eigenvalue weighted by Crippen LogP contribution is -2.44. The number of carbonyl (C=O) groups excluding carboxylic acids is 1. The van der Waals surface area contributed by atoms with Crippen molar-refractivity contribution in [1.29, 1.82) is 10.5 Å². The first kappa shape index (κ1) is 15.8. The maximum atomic E-state index is 12.8. The number of carbonyl (C=O) groups is 1. The fraction of sp³-hybridized carbons (Fsp3) is 0.500. The largest absolute Gasteiger partial charge is 0.490 e. The summed E-state index contributed by atoms with van der Waals surface area (Å²) >= 11 is 0. The highest BCUT2D eigenvalue weighted by Gasteiger charge is 2.38. The highest BCUT2D eigenvalue weighted by molar-refractivity contribution is 5.82. The van der Waals surface area contributed by atoms with Crippen LogP contribution in [0.1, 0.15) is 31.9 Å². The summed E-state index contributed by atoms with van der Waals surface area (Å²) in [5.41, 5.74) is 0.307. The van der Waals surface area contributed by atoms with Crippen LogP contribution >= 0.6 is 0 Å². The van der Waals surface area contributed by atoms with Gasteiger partial charge < -0.3 is 9.64 Å². The zero-order valence-electron chi connectivity index (χ0n) is 13.0. The Morgan fingerprint density at radius 2 is 2.18 bits per heavy atom. The van der Waals surface area contributed by atoms with Gasteiger partial charge in [-0.25, -0.2) is 0 Å². The van der Waals surface area contributed by atoms with Crippen molar-refractivity contribution in [3.8, 4) is 17.9 Å². The number of hydrogen-bond donors (Lipinski definition) is 0. The van der Waals surface area contributed by atoms with Crippen molar-refractivity contribution < 1.29 is 9.53 Å².